The van der Waals surface area contributed by atoms with Gasteiger partial charge in [0.05, 0.1) is 24.7 Å². The van der Waals surface area contributed by atoms with Crippen molar-refractivity contribution in [1.29, 1.82) is 0 Å². The lowest BCUT2D eigenvalue weighted by molar-refractivity contribution is 0.0384. The van der Waals surface area contributed by atoms with Crippen LogP contribution in [0, 0.1) is 19.3 Å². The molecule has 0 aliphatic carbocycles. The van der Waals surface area contributed by atoms with Gasteiger partial charge in [0.1, 0.15) is 0 Å². The van der Waals surface area contributed by atoms with Crippen LogP contribution < -0.4 is 5.69 Å². The van der Waals surface area contributed by atoms with Crippen molar-refractivity contribution in [2.75, 3.05) is 38.6 Å². The Hall–Kier alpha value is -2.60. The Balaban J connectivity index is 1.65. The molecule has 29 heavy (non-hydrogen) atoms. The van der Waals surface area contributed by atoms with Crippen molar-refractivity contribution >= 4 is 17.4 Å². The molecule has 1 fully saturated rings. The lowest BCUT2D eigenvalue weighted by atomic mass is 10.0. The van der Waals surface area contributed by atoms with Crippen molar-refractivity contribution in [2.24, 2.45) is 0 Å². The zero-order valence-electron chi connectivity index (χ0n) is 16.4. The second-order valence-electron chi connectivity index (χ2n) is 6.94. The van der Waals surface area contributed by atoms with Crippen molar-refractivity contribution in [3.63, 3.8) is 0 Å². The van der Waals surface area contributed by atoms with Crippen LogP contribution in [0.25, 0.3) is 16.8 Å². The van der Waals surface area contributed by atoms with Crippen molar-refractivity contribution in [1.82, 2.24) is 24.5 Å². The molecule has 1 aliphatic rings. The Morgan fingerprint density at radius 1 is 1.34 bits per heavy atom. The van der Waals surface area contributed by atoms with Gasteiger partial charge in [0.25, 0.3) is 0 Å². The van der Waals surface area contributed by atoms with Gasteiger partial charge in [0.15, 0.2) is 10.8 Å². The third kappa shape index (κ3) is 4.37. The Kier molecular flexibility index (Phi) is 6.00. The zero-order chi connectivity index (χ0) is 20.2. The Morgan fingerprint density at radius 2 is 2.17 bits per heavy atom. The fourth-order valence-electron chi connectivity index (χ4n) is 3.54. The fourth-order valence-corrected chi connectivity index (χ4v) is 4.07. The van der Waals surface area contributed by atoms with Gasteiger partial charge in [-0.25, -0.2) is 9.78 Å². The highest BCUT2D eigenvalue weighted by atomic mass is 32.2. The molecule has 1 N–H and O–H groups in total. The first-order chi connectivity index (χ1) is 14.2. The van der Waals surface area contributed by atoms with Crippen LogP contribution in [0.15, 0.2) is 34.2 Å². The minimum atomic E-state index is -0.313. The number of aryl methyl sites for hydroxylation is 1. The summed E-state index contributed by atoms with van der Waals surface area (Å²) in [7, 11) is 0. The smallest absolute Gasteiger partial charge is 0.350 e. The van der Waals surface area contributed by atoms with Crippen LogP contribution in [0.5, 0.6) is 0 Å². The number of ether oxygens (including phenoxy) is 1. The summed E-state index contributed by atoms with van der Waals surface area (Å²) >= 11 is 1.33. The van der Waals surface area contributed by atoms with Crippen molar-refractivity contribution in [2.45, 2.75) is 18.5 Å². The molecule has 7 nitrogen and oxygen atoms in total. The number of morpholine rings is 1. The number of fused-ring (bicyclic) bond motifs is 1. The monoisotopic (exact) mass is 409 g/mol. The molecule has 8 heteroatoms. The van der Waals surface area contributed by atoms with Crippen LogP contribution in [0.1, 0.15) is 11.3 Å². The molecule has 3 aromatic rings. The second-order valence-corrected chi connectivity index (χ2v) is 7.90. The number of benzene rings is 1. The summed E-state index contributed by atoms with van der Waals surface area (Å²) in [5.74, 6) is 2.99. The zero-order valence-corrected chi connectivity index (χ0v) is 17.2. The number of nitrogens with one attached hydrogen (secondary N) is 1. The minimum absolute atomic E-state index is 0.313. The number of nitrogens with zero attached hydrogens (tertiary/aromatic N) is 4. The van der Waals surface area contributed by atoms with E-state index >= 15 is 0 Å². The first kappa shape index (κ1) is 19.7. The molecule has 1 aromatic carbocycles. The van der Waals surface area contributed by atoms with Crippen LogP contribution in [-0.4, -0.2) is 63.1 Å². The maximum absolute atomic E-state index is 12.4. The molecule has 150 valence electrons. The largest absolute Gasteiger partial charge is 0.379 e. The quantitative estimate of drug-likeness (QED) is 0.496. The second kappa shape index (κ2) is 8.82. The predicted octanol–water partition coefficient (Wildman–Crippen LogP) is 1.99. The molecular formula is C21H23N5O2S. The van der Waals surface area contributed by atoms with Gasteiger partial charge < -0.3 is 4.74 Å². The molecule has 4 rings (SSSR count). The van der Waals surface area contributed by atoms with E-state index in [9.17, 15) is 4.79 Å². The number of H-pyrrole nitrogens is 1. The van der Waals surface area contributed by atoms with E-state index in [1.807, 2.05) is 19.1 Å². The molecule has 1 saturated heterocycles. The predicted molar refractivity (Wildman–Crippen MR) is 114 cm³/mol. The van der Waals surface area contributed by atoms with Crippen LogP contribution in [0.3, 0.4) is 0 Å². The summed E-state index contributed by atoms with van der Waals surface area (Å²) in [5, 5.41) is 4.90. The number of hydrogen-bond acceptors (Lipinski definition) is 6. The summed E-state index contributed by atoms with van der Waals surface area (Å²) in [6.07, 6.45) is 6.29. The van der Waals surface area contributed by atoms with E-state index in [0.717, 1.165) is 56.1 Å². The van der Waals surface area contributed by atoms with E-state index in [0.29, 0.717) is 16.6 Å². The summed E-state index contributed by atoms with van der Waals surface area (Å²) in [5.41, 5.74) is 4.16. The SMILES string of the molecule is C#CCSc1nc2c(-c3cccc(CCN4CCOCC4)c3)c(C)nn2c(=O)[nH]1. The van der Waals surface area contributed by atoms with Crippen molar-refractivity contribution in [3.8, 4) is 23.5 Å². The first-order valence-electron chi connectivity index (χ1n) is 9.61. The molecule has 0 bridgehead atoms. The molecule has 0 unspecified atom stereocenters. The summed E-state index contributed by atoms with van der Waals surface area (Å²) in [4.78, 5) is 22.2. The number of rotatable bonds is 6. The van der Waals surface area contributed by atoms with Gasteiger partial charge >= 0.3 is 5.69 Å². The molecule has 2 aromatic heterocycles. The van der Waals surface area contributed by atoms with Gasteiger partial charge in [-0.15, -0.1) is 6.42 Å². The van der Waals surface area contributed by atoms with Gasteiger partial charge in [-0.2, -0.15) is 9.61 Å². The van der Waals surface area contributed by atoms with Crippen LogP contribution in [0.2, 0.25) is 0 Å². The lowest BCUT2D eigenvalue weighted by Crippen LogP contribution is -2.37. The summed E-state index contributed by atoms with van der Waals surface area (Å²) < 4.78 is 6.74. The van der Waals surface area contributed by atoms with Crippen LogP contribution >= 0.6 is 11.8 Å². The van der Waals surface area contributed by atoms with E-state index in [1.165, 1.54) is 21.8 Å². The molecule has 0 radical (unpaired) electrons. The average molecular weight is 410 g/mol. The minimum Gasteiger partial charge on any atom is -0.379 e. The normalized spacial score (nSPS) is 14.9. The standard InChI is InChI=1S/C21H23N5O2S/c1-3-13-29-20-22-19-18(15(2)24-26(19)21(27)23-20)17-6-4-5-16(14-17)7-8-25-9-11-28-12-10-25/h1,4-6,14H,7-13H2,2H3,(H,22,23,27). The van der Waals surface area contributed by atoms with Gasteiger partial charge in [-0.05, 0) is 24.5 Å². The number of hydrogen-bond donors (Lipinski definition) is 1. The summed E-state index contributed by atoms with van der Waals surface area (Å²) in [6.45, 7) is 6.49. The fraction of sp³-hybridized carbons (Fsp3) is 0.381. The van der Waals surface area contributed by atoms with Crippen molar-refractivity contribution < 1.29 is 4.74 Å². The highest BCUT2D eigenvalue weighted by molar-refractivity contribution is 7.99. The lowest BCUT2D eigenvalue weighted by Gasteiger charge is -2.26. The number of thioether (sulfide) groups is 1. The topological polar surface area (TPSA) is 75.5 Å². The van der Waals surface area contributed by atoms with E-state index in [-0.39, 0.29) is 5.69 Å². The first-order valence-corrected chi connectivity index (χ1v) is 10.6. The van der Waals surface area contributed by atoms with Crippen LogP contribution in [0.4, 0.5) is 0 Å². The molecule has 0 atom stereocenters. The number of aromatic nitrogens is 4. The third-order valence-electron chi connectivity index (χ3n) is 4.98. The highest BCUT2D eigenvalue weighted by Crippen LogP contribution is 2.28. The third-order valence-corrected chi connectivity index (χ3v) is 5.76. The summed E-state index contributed by atoms with van der Waals surface area (Å²) in [6, 6.07) is 8.40. The van der Waals surface area contributed by atoms with Gasteiger partial charge in [0, 0.05) is 25.2 Å². The van der Waals surface area contributed by atoms with Gasteiger partial charge in [-0.1, -0.05) is 41.9 Å². The van der Waals surface area contributed by atoms with Gasteiger partial charge in [0.2, 0.25) is 0 Å². The molecule has 0 spiro atoms. The van der Waals surface area contributed by atoms with E-state index in [2.05, 4.69) is 38.0 Å². The number of terminal acetylenes is 1. The van der Waals surface area contributed by atoms with E-state index in [1.54, 1.807) is 0 Å². The Morgan fingerprint density at radius 3 is 2.97 bits per heavy atom. The molecule has 3 heterocycles. The van der Waals surface area contributed by atoms with E-state index < -0.39 is 0 Å². The average Bonchev–Trinajstić information content (AvgIpc) is 3.08. The van der Waals surface area contributed by atoms with E-state index in [4.69, 9.17) is 11.2 Å². The molecule has 1 aliphatic heterocycles. The molecule has 0 amide bonds. The Bertz CT molecular complexity index is 1110. The Labute approximate surface area is 173 Å². The highest BCUT2D eigenvalue weighted by Gasteiger charge is 2.17. The van der Waals surface area contributed by atoms with Crippen molar-refractivity contribution in [3.05, 3.63) is 46.0 Å². The molecule has 0 saturated carbocycles. The van der Waals surface area contributed by atoms with Gasteiger partial charge in [-0.3, -0.25) is 9.88 Å². The number of aromatic amines is 1. The maximum Gasteiger partial charge on any atom is 0.350 e. The maximum atomic E-state index is 12.4. The molecular weight excluding hydrogens is 386 g/mol. The van der Waals surface area contributed by atoms with Crippen LogP contribution in [-0.2, 0) is 11.2 Å².